The number of aliphatic hydroxyl groups excluding tert-OH is 1. The predicted octanol–water partition coefficient (Wildman–Crippen LogP) is 2.77. The molecule has 0 aliphatic heterocycles. The number of ether oxygens (including phenoxy) is 1. The fourth-order valence-electron chi connectivity index (χ4n) is 3.67. The zero-order valence-electron chi connectivity index (χ0n) is 16.5. The molecule has 7 nitrogen and oxygen atoms in total. The lowest BCUT2D eigenvalue weighted by Gasteiger charge is -2.33. The van der Waals surface area contributed by atoms with Crippen LogP contribution in [0.5, 0.6) is 5.75 Å². The van der Waals surface area contributed by atoms with Crippen LogP contribution in [0.15, 0.2) is 30.3 Å². The summed E-state index contributed by atoms with van der Waals surface area (Å²) in [5.74, 6) is -1.36. The Bertz CT molecular complexity index is 890. The molecular formula is C21H26FN3O4. The first-order valence-electron chi connectivity index (χ1n) is 9.67. The Morgan fingerprint density at radius 3 is 2.55 bits per heavy atom. The highest BCUT2D eigenvalue weighted by atomic mass is 19.1. The van der Waals surface area contributed by atoms with Gasteiger partial charge in [0.1, 0.15) is 23.3 Å². The van der Waals surface area contributed by atoms with Crippen molar-refractivity contribution in [3.05, 3.63) is 53.1 Å². The zero-order chi connectivity index (χ0) is 21.1. The minimum absolute atomic E-state index is 0.0249. The van der Waals surface area contributed by atoms with Crippen LogP contribution in [0.2, 0.25) is 0 Å². The van der Waals surface area contributed by atoms with E-state index >= 15 is 0 Å². The second kappa shape index (κ2) is 8.65. The van der Waals surface area contributed by atoms with Crippen molar-refractivity contribution in [1.29, 1.82) is 0 Å². The molecule has 2 aromatic rings. The number of H-pyrrole nitrogens is 1. The fourth-order valence-corrected chi connectivity index (χ4v) is 3.67. The molecule has 2 amide bonds. The van der Waals surface area contributed by atoms with Crippen LogP contribution in [0.4, 0.5) is 4.39 Å². The summed E-state index contributed by atoms with van der Waals surface area (Å²) in [5, 5.41) is 9.69. The van der Waals surface area contributed by atoms with Crippen molar-refractivity contribution in [1.82, 2.24) is 9.88 Å². The summed E-state index contributed by atoms with van der Waals surface area (Å²) >= 11 is 0. The van der Waals surface area contributed by atoms with Gasteiger partial charge in [0.25, 0.3) is 11.8 Å². The molecular weight excluding hydrogens is 377 g/mol. The molecule has 29 heavy (non-hydrogen) atoms. The summed E-state index contributed by atoms with van der Waals surface area (Å²) in [5.41, 5.74) is 5.83. The number of amides is 2. The van der Waals surface area contributed by atoms with Crippen molar-refractivity contribution in [2.45, 2.75) is 50.9 Å². The van der Waals surface area contributed by atoms with Gasteiger partial charge in [-0.05, 0) is 38.7 Å². The van der Waals surface area contributed by atoms with Gasteiger partial charge in [0.2, 0.25) is 0 Å². The molecule has 1 fully saturated rings. The second-order valence-electron chi connectivity index (χ2n) is 7.45. The monoisotopic (exact) mass is 403 g/mol. The van der Waals surface area contributed by atoms with E-state index in [2.05, 4.69) is 4.98 Å². The molecule has 1 heterocycles. The van der Waals surface area contributed by atoms with E-state index < -0.39 is 17.8 Å². The number of aliphatic hydroxyl groups is 1. The van der Waals surface area contributed by atoms with Gasteiger partial charge in [0.15, 0.2) is 5.75 Å². The summed E-state index contributed by atoms with van der Waals surface area (Å²) < 4.78 is 19.9. The molecule has 156 valence electrons. The summed E-state index contributed by atoms with van der Waals surface area (Å²) in [6.45, 7) is 1.66. The molecule has 1 aromatic heterocycles. The molecule has 4 N–H and O–H groups in total. The van der Waals surface area contributed by atoms with Crippen molar-refractivity contribution >= 4 is 11.8 Å². The smallest absolute Gasteiger partial charge is 0.274 e. The predicted molar refractivity (Wildman–Crippen MR) is 105 cm³/mol. The van der Waals surface area contributed by atoms with Crippen molar-refractivity contribution in [2.24, 2.45) is 5.73 Å². The molecule has 8 heteroatoms. The van der Waals surface area contributed by atoms with Crippen molar-refractivity contribution in [3.63, 3.8) is 0 Å². The quantitative estimate of drug-likeness (QED) is 0.689. The second-order valence-corrected chi connectivity index (χ2v) is 7.45. The highest BCUT2D eigenvalue weighted by Crippen LogP contribution is 2.30. The third-order valence-electron chi connectivity index (χ3n) is 5.44. The number of aromatic nitrogens is 1. The summed E-state index contributed by atoms with van der Waals surface area (Å²) in [4.78, 5) is 29.1. The van der Waals surface area contributed by atoms with E-state index in [1.165, 1.54) is 12.1 Å². The van der Waals surface area contributed by atoms with Gasteiger partial charge in [-0.1, -0.05) is 18.2 Å². The number of halogens is 1. The van der Waals surface area contributed by atoms with Gasteiger partial charge in [-0.15, -0.1) is 0 Å². The number of hydrogen-bond donors (Lipinski definition) is 3. The average Bonchev–Trinajstić information content (AvgIpc) is 3.11. The maximum Gasteiger partial charge on any atom is 0.274 e. The van der Waals surface area contributed by atoms with E-state index in [0.717, 1.165) is 0 Å². The Morgan fingerprint density at radius 2 is 1.93 bits per heavy atom. The van der Waals surface area contributed by atoms with Crippen LogP contribution >= 0.6 is 0 Å². The Balaban J connectivity index is 1.85. The number of primary amides is 1. The van der Waals surface area contributed by atoms with Gasteiger partial charge in [-0.2, -0.15) is 0 Å². The number of nitrogens with one attached hydrogen (secondary N) is 1. The zero-order valence-corrected chi connectivity index (χ0v) is 16.5. The minimum atomic E-state index is -0.726. The van der Waals surface area contributed by atoms with Gasteiger partial charge in [-0.3, -0.25) is 9.59 Å². The van der Waals surface area contributed by atoms with Crippen molar-refractivity contribution in [2.75, 3.05) is 7.05 Å². The highest BCUT2D eigenvalue weighted by molar-refractivity contribution is 5.99. The number of rotatable bonds is 6. The molecule has 1 unspecified atom stereocenters. The maximum absolute atomic E-state index is 14.1. The summed E-state index contributed by atoms with van der Waals surface area (Å²) in [7, 11) is 1.68. The third-order valence-corrected chi connectivity index (χ3v) is 5.44. The Labute approximate surface area is 168 Å². The summed E-state index contributed by atoms with van der Waals surface area (Å²) in [6, 6.07) is 7.55. The molecule has 0 bridgehead atoms. The van der Waals surface area contributed by atoms with Crippen molar-refractivity contribution < 1.29 is 23.8 Å². The average molecular weight is 403 g/mol. The number of carbonyl (C=O) groups excluding carboxylic acids is 2. The number of nitrogens with two attached hydrogens (primary N) is 1. The molecule has 1 aliphatic rings. The molecule has 0 radical (unpaired) electrons. The number of carbonyl (C=O) groups is 2. The van der Waals surface area contributed by atoms with E-state index in [9.17, 15) is 19.1 Å². The Morgan fingerprint density at radius 1 is 1.28 bits per heavy atom. The van der Waals surface area contributed by atoms with Crippen LogP contribution in [0.25, 0.3) is 0 Å². The topological polar surface area (TPSA) is 109 Å². The molecule has 0 saturated heterocycles. The largest absolute Gasteiger partial charge is 0.483 e. The number of nitrogens with zero attached hydrogens (tertiary/aromatic N) is 1. The first-order valence-corrected chi connectivity index (χ1v) is 9.67. The van der Waals surface area contributed by atoms with Crippen LogP contribution in [-0.4, -0.2) is 46.0 Å². The standard InChI is InChI=1S/C21H26FN3O4/c1-12(15-5-3-4-6-16(15)22)29-18-11-17(20(23)27)24-19(18)21(28)25(2)13-7-9-14(26)10-8-13/h3-6,11-14,24,26H,7-10H2,1-2H3,(H2,23,27). The van der Waals surface area contributed by atoms with Gasteiger partial charge < -0.3 is 25.5 Å². The number of benzene rings is 1. The van der Waals surface area contributed by atoms with Gasteiger partial charge in [0.05, 0.1) is 6.10 Å². The van der Waals surface area contributed by atoms with E-state index in [0.29, 0.717) is 31.2 Å². The Kier molecular flexibility index (Phi) is 6.22. The van der Waals surface area contributed by atoms with Crippen LogP contribution in [-0.2, 0) is 0 Å². The normalized spacial score (nSPS) is 20.1. The van der Waals surface area contributed by atoms with E-state index in [-0.39, 0.29) is 35.2 Å². The fraction of sp³-hybridized carbons (Fsp3) is 0.429. The van der Waals surface area contributed by atoms with Gasteiger partial charge >= 0.3 is 0 Å². The first-order chi connectivity index (χ1) is 13.8. The van der Waals surface area contributed by atoms with Crippen LogP contribution in [0, 0.1) is 5.82 Å². The number of hydrogen-bond acceptors (Lipinski definition) is 4. The highest BCUT2D eigenvalue weighted by Gasteiger charge is 2.30. The van der Waals surface area contributed by atoms with Gasteiger partial charge in [-0.25, -0.2) is 4.39 Å². The van der Waals surface area contributed by atoms with Gasteiger partial charge in [0, 0.05) is 24.7 Å². The van der Waals surface area contributed by atoms with Crippen LogP contribution < -0.4 is 10.5 Å². The minimum Gasteiger partial charge on any atom is -0.483 e. The summed E-state index contributed by atoms with van der Waals surface area (Å²) in [6.07, 6.45) is 1.63. The molecule has 3 rings (SSSR count). The van der Waals surface area contributed by atoms with Crippen molar-refractivity contribution in [3.8, 4) is 5.75 Å². The molecule has 1 saturated carbocycles. The molecule has 1 aliphatic carbocycles. The van der Waals surface area contributed by atoms with E-state index in [1.54, 1.807) is 37.1 Å². The molecule has 1 atom stereocenters. The maximum atomic E-state index is 14.1. The van der Waals surface area contributed by atoms with Crippen LogP contribution in [0.1, 0.15) is 65.3 Å². The third kappa shape index (κ3) is 4.59. The van der Waals surface area contributed by atoms with E-state index in [1.807, 2.05) is 0 Å². The van der Waals surface area contributed by atoms with E-state index in [4.69, 9.17) is 10.5 Å². The molecule has 1 aromatic carbocycles. The lowest BCUT2D eigenvalue weighted by molar-refractivity contribution is 0.0560. The Hall–Kier alpha value is -2.87. The van der Waals surface area contributed by atoms with Crippen LogP contribution in [0.3, 0.4) is 0 Å². The lowest BCUT2D eigenvalue weighted by atomic mass is 9.92. The first kappa shape index (κ1) is 20.9. The molecule has 0 spiro atoms. The SMILES string of the molecule is CC(Oc1cc(C(N)=O)[nH]c1C(=O)N(C)C1CCC(O)CC1)c1ccccc1F. The number of aromatic amines is 1. The lowest BCUT2D eigenvalue weighted by Crippen LogP contribution is -2.40.